The molecule has 0 atom stereocenters. The summed E-state index contributed by atoms with van der Waals surface area (Å²) < 4.78 is 20.5. The number of rotatable bonds is 7. The third-order valence-electron chi connectivity index (χ3n) is 4.77. The van der Waals surface area contributed by atoms with Crippen LogP contribution in [0, 0.1) is 5.82 Å². The molecule has 0 spiro atoms. The SMILES string of the molecule is CCOc1ccc(N=C(SCC(=O)Nc2ccc(F)c(Cl)c2)c2c(O)n(C)c(=O)n(C)c2=O)cc1. The normalized spacial score (nSPS) is 11.4. The van der Waals surface area contributed by atoms with Gasteiger partial charge in [0.25, 0.3) is 5.56 Å². The number of aromatic hydroxyl groups is 1. The Balaban J connectivity index is 1.96. The van der Waals surface area contributed by atoms with E-state index in [-0.39, 0.29) is 27.1 Å². The second-order valence-corrected chi connectivity index (χ2v) is 8.59. The molecule has 0 aliphatic heterocycles. The van der Waals surface area contributed by atoms with Crippen LogP contribution in [0.25, 0.3) is 0 Å². The molecule has 0 aliphatic rings. The Morgan fingerprint density at radius 1 is 1.17 bits per heavy atom. The molecule has 2 aromatic carbocycles. The van der Waals surface area contributed by atoms with E-state index in [0.717, 1.165) is 27.0 Å². The van der Waals surface area contributed by atoms with Gasteiger partial charge in [-0.1, -0.05) is 23.4 Å². The van der Waals surface area contributed by atoms with Crippen LogP contribution < -0.4 is 21.3 Å². The van der Waals surface area contributed by atoms with Crippen molar-refractivity contribution in [2.24, 2.45) is 19.1 Å². The van der Waals surface area contributed by atoms with Crippen molar-refractivity contribution in [1.82, 2.24) is 9.13 Å². The Morgan fingerprint density at radius 2 is 1.86 bits per heavy atom. The van der Waals surface area contributed by atoms with Gasteiger partial charge < -0.3 is 15.2 Å². The monoisotopic (exact) mass is 520 g/mol. The summed E-state index contributed by atoms with van der Waals surface area (Å²) >= 11 is 6.63. The van der Waals surface area contributed by atoms with Gasteiger partial charge in [0.05, 0.1) is 23.1 Å². The van der Waals surface area contributed by atoms with Gasteiger partial charge in [0.15, 0.2) is 0 Å². The average Bonchev–Trinajstić information content (AvgIpc) is 2.83. The van der Waals surface area contributed by atoms with E-state index >= 15 is 0 Å². The van der Waals surface area contributed by atoms with Gasteiger partial charge in [0, 0.05) is 19.8 Å². The summed E-state index contributed by atoms with van der Waals surface area (Å²) in [4.78, 5) is 42.0. The van der Waals surface area contributed by atoms with E-state index < -0.39 is 28.9 Å². The fourth-order valence-corrected chi connectivity index (χ4v) is 4.00. The molecular formula is C23H22ClFN4O5S. The van der Waals surface area contributed by atoms with Gasteiger partial charge in [-0.2, -0.15) is 0 Å². The Labute approximate surface area is 208 Å². The number of hydrogen-bond acceptors (Lipinski definition) is 7. The van der Waals surface area contributed by atoms with Crippen LogP contribution in [0.2, 0.25) is 5.02 Å². The molecule has 3 rings (SSSR count). The van der Waals surface area contributed by atoms with E-state index in [2.05, 4.69) is 10.3 Å². The highest BCUT2D eigenvalue weighted by atomic mass is 35.5. The Bertz CT molecular complexity index is 1400. The molecule has 0 unspecified atom stereocenters. The summed E-state index contributed by atoms with van der Waals surface area (Å²) in [6.07, 6.45) is 0. The maximum atomic E-state index is 13.4. The number of ether oxygens (including phenoxy) is 1. The Hall–Kier alpha value is -3.57. The van der Waals surface area contributed by atoms with Crippen LogP contribution in [0.5, 0.6) is 11.6 Å². The van der Waals surface area contributed by atoms with E-state index in [1.165, 1.54) is 26.2 Å². The molecule has 1 aromatic heterocycles. The molecule has 35 heavy (non-hydrogen) atoms. The minimum Gasteiger partial charge on any atom is -0.494 e. The smallest absolute Gasteiger partial charge is 0.333 e. The van der Waals surface area contributed by atoms with Crippen molar-refractivity contribution in [2.75, 3.05) is 17.7 Å². The summed E-state index contributed by atoms with van der Waals surface area (Å²) in [5.41, 5.74) is -1.00. The number of carbonyl (C=O) groups excluding carboxylic acids is 1. The van der Waals surface area contributed by atoms with Crippen LogP contribution in [0.15, 0.2) is 57.0 Å². The van der Waals surface area contributed by atoms with Gasteiger partial charge in [0.1, 0.15) is 22.2 Å². The third kappa shape index (κ3) is 6.11. The van der Waals surface area contributed by atoms with Crippen molar-refractivity contribution in [3.05, 3.63) is 79.7 Å². The summed E-state index contributed by atoms with van der Waals surface area (Å²) in [6, 6.07) is 10.4. The molecule has 0 bridgehead atoms. The summed E-state index contributed by atoms with van der Waals surface area (Å²) in [7, 11) is 2.59. The fraction of sp³-hybridized carbons (Fsp3) is 0.217. The molecule has 0 fully saturated rings. The van der Waals surface area contributed by atoms with Crippen molar-refractivity contribution >= 4 is 45.7 Å². The Morgan fingerprint density at radius 3 is 2.49 bits per heavy atom. The zero-order valence-electron chi connectivity index (χ0n) is 19.0. The van der Waals surface area contributed by atoms with Crippen molar-refractivity contribution in [1.29, 1.82) is 0 Å². The predicted octanol–water partition coefficient (Wildman–Crippen LogP) is 3.43. The fourth-order valence-electron chi connectivity index (χ4n) is 2.99. The lowest BCUT2D eigenvalue weighted by molar-refractivity contribution is -0.113. The first-order valence-corrected chi connectivity index (χ1v) is 11.7. The number of nitrogens with one attached hydrogen (secondary N) is 1. The van der Waals surface area contributed by atoms with E-state index in [9.17, 15) is 23.9 Å². The number of aliphatic imine (C=N–C) groups is 1. The molecule has 0 saturated carbocycles. The number of nitrogens with zero attached hydrogens (tertiary/aromatic N) is 3. The van der Waals surface area contributed by atoms with Crippen LogP contribution in [0.3, 0.4) is 0 Å². The Kier molecular flexibility index (Phi) is 8.36. The van der Waals surface area contributed by atoms with E-state index in [1.54, 1.807) is 24.3 Å². The highest BCUT2D eigenvalue weighted by Crippen LogP contribution is 2.25. The number of amides is 1. The highest BCUT2D eigenvalue weighted by molar-refractivity contribution is 8.15. The van der Waals surface area contributed by atoms with Gasteiger partial charge in [-0.05, 0) is 49.4 Å². The van der Waals surface area contributed by atoms with Crippen molar-refractivity contribution in [3.8, 4) is 11.6 Å². The molecule has 3 aromatic rings. The van der Waals surface area contributed by atoms with Gasteiger partial charge in [0.2, 0.25) is 11.8 Å². The molecule has 0 saturated heterocycles. The number of aromatic nitrogens is 2. The largest absolute Gasteiger partial charge is 0.494 e. The summed E-state index contributed by atoms with van der Waals surface area (Å²) in [5.74, 6) is -1.28. The van der Waals surface area contributed by atoms with Crippen molar-refractivity contribution < 1.29 is 19.0 Å². The van der Waals surface area contributed by atoms with E-state index in [0.29, 0.717) is 18.0 Å². The lowest BCUT2D eigenvalue weighted by Crippen LogP contribution is -2.39. The number of halogens is 2. The van der Waals surface area contributed by atoms with Crippen LogP contribution >= 0.6 is 23.4 Å². The average molecular weight is 521 g/mol. The van der Waals surface area contributed by atoms with E-state index in [4.69, 9.17) is 16.3 Å². The van der Waals surface area contributed by atoms with Crippen molar-refractivity contribution in [3.63, 3.8) is 0 Å². The third-order valence-corrected chi connectivity index (χ3v) is 6.03. The minimum atomic E-state index is -0.770. The second kappa shape index (κ2) is 11.2. The predicted molar refractivity (Wildman–Crippen MR) is 135 cm³/mol. The van der Waals surface area contributed by atoms with Crippen molar-refractivity contribution in [2.45, 2.75) is 6.92 Å². The zero-order valence-corrected chi connectivity index (χ0v) is 20.6. The summed E-state index contributed by atoms with van der Waals surface area (Å²) in [5, 5.41) is 13.0. The maximum absolute atomic E-state index is 13.4. The maximum Gasteiger partial charge on any atom is 0.333 e. The number of benzene rings is 2. The molecule has 2 N–H and O–H groups in total. The molecule has 1 heterocycles. The molecule has 12 heteroatoms. The molecule has 1 amide bonds. The molecular weight excluding hydrogens is 499 g/mol. The molecule has 0 radical (unpaired) electrons. The number of anilines is 1. The van der Waals surface area contributed by atoms with Crippen LogP contribution in [0.4, 0.5) is 15.8 Å². The number of thioether (sulfide) groups is 1. The zero-order chi connectivity index (χ0) is 25.7. The topological polar surface area (TPSA) is 115 Å². The second-order valence-electron chi connectivity index (χ2n) is 7.21. The number of hydrogen-bond donors (Lipinski definition) is 2. The standard InChI is InChI=1S/C23H22ClFN4O5S/c1-4-34-15-8-5-13(6-9-15)27-20(19-21(31)28(2)23(33)29(3)22(19)32)35-12-18(30)26-14-7-10-17(25)16(24)11-14/h5-11,31H,4,12H2,1-3H3,(H,26,30). The molecule has 184 valence electrons. The molecule has 0 aliphatic carbocycles. The highest BCUT2D eigenvalue weighted by Gasteiger charge is 2.22. The first-order chi connectivity index (χ1) is 16.6. The van der Waals surface area contributed by atoms with Crippen LogP contribution in [-0.4, -0.2) is 37.6 Å². The van der Waals surface area contributed by atoms with Gasteiger partial charge in [-0.25, -0.2) is 14.2 Å². The van der Waals surface area contributed by atoms with Gasteiger partial charge in [-0.15, -0.1) is 0 Å². The molecule has 9 nitrogen and oxygen atoms in total. The first-order valence-electron chi connectivity index (χ1n) is 10.3. The quantitative estimate of drug-likeness (QED) is 0.364. The first kappa shape index (κ1) is 26.0. The van der Waals surface area contributed by atoms with Gasteiger partial charge >= 0.3 is 5.69 Å². The van der Waals surface area contributed by atoms with Crippen LogP contribution in [0.1, 0.15) is 12.5 Å². The van der Waals surface area contributed by atoms with Crippen LogP contribution in [-0.2, 0) is 18.9 Å². The summed E-state index contributed by atoms with van der Waals surface area (Å²) in [6.45, 7) is 2.34. The van der Waals surface area contributed by atoms with Gasteiger partial charge in [-0.3, -0.25) is 18.7 Å². The number of carbonyl (C=O) groups is 1. The van der Waals surface area contributed by atoms with E-state index in [1.807, 2.05) is 6.92 Å². The lowest BCUT2D eigenvalue weighted by atomic mass is 10.3. The minimum absolute atomic E-state index is 0.0233. The lowest BCUT2D eigenvalue weighted by Gasteiger charge is -2.13.